The molecule has 4 nitrogen and oxygen atoms in total. The van der Waals surface area contributed by atoms with Crippen molar-refractivity contribution in [2.24, 2.45) is 5.10 Å². The van der Waals surface area contributed by atoms with E-state index in [1.165, 1.54) is 11.3 Å². The quantitative estimate of drug-likeness (QED) is 0.581. The molecule has 0 spiro atoms. The monoisotopic (exact) mass is 329 g/mol. The SMILES string of the molecule is CC(=NNC(=O)c1sc2ccccc2c1Cl)c1cccnc1. The van der Waals surface area contributed by atoms with Gasteiger partial charge in [0.05, 0.1) is 10.7 Å². The maximum absolute atomic E-state index is 12.3. The second-order valence-corrected chi connectivity index (χ2v) is 6.05. The van der Waals surface area contributed by atoms with Gasteiger partial charge in [-0.15, -0.1) is 11.3 Å². The van der Waals surface area contributed by atoms with Gasteiger partial charge in [0.1, 0.15) is 4.88 Å². The van der Waals surface area contributed by atoms with E-state index in [9.17, 15) is 4.79 Å². The molecule has 3 rings (SSSR count). The molecule has 22 heavy (non-hydrogen) atoms. The van der Waals surface area contributed by atoms with Crippen molar-refractivity contribution in [2.45, 2.75) is 6.92 Å². The van der Waals surface area contributed by atoms with Crippen molar-refractivity contribution in [3.05, 3.63) is 64.3 Å². The largest absolute Gasteiger partial charge is 0.283 e. The molecular weight excluding hydrogens is 318 g/mol. The van der Waals surface area contributed by atoms with Crippen LogP contribution in [0.1, 0.15) is 22.2 Å². The number of carbonyl (C=O) groups is 1. The Balaban J connectivity index is 1.83. The summed E-state index contributed by atoms with van der Waals surface area (Å²) in [5.41, 5.74) is 4.08. The van der Waals surface area contributed by atoms with Crippen LogP contribution in [0.4, 0.5) is 0 Å². The summed E-state index contributed by atoms with van der Waals surface area (Å²) in [6.07, 6.45) is 3.38. The third kappa shape index (κ3) is 2.86. The van der Waals surface area contributed by atoms with Crippen molar-refractivity contribution in [3.63, 3.8) is 0 Å². The second-order valence-electron chi connectivity index (χ2n) is 4.62. The van der Waals surface area contributed by atoms with E-state index in [1.54, 1.807) is 12.4 Å². The molecule has 1 N–H and O–H groups in total. The molecule has 0 atom stereocenters. The average molecular weight is 330 g/mol. The molecule has 0 radical (unpaired) electrons. The number of aromatic nitrogens is 1. The van der Waals surface area contributed by atoms with Gasteiger partial charge < -0.3 is 0 Å². The molecule has 1 amide bonds. The summed E-state index contributed by atoms with van der Waals surface area (Å²) in [6.45, 7) is 1.81. The molecule has 3 aromatic rings. The molecule has 0 fully saturated rings. The number of nitrogens with zero attached hydrogens (tertiary/aromatic N) is 2. The van der Waals surface area contributed by atoms with Crippen LogP contribution in [0.25, 0.3) is 10.1 Å². The molecule has 0 saturated carbocycles. The zero-order chi connectivity index (χ0) is 15.5. The van der Waals surface area contributed by atoms with Crippen molar-refractivity contribution in [1.29, 1.82) is 0 Å². The van der Waals surface area contributed by atoms with E-state index in [0.717, 1.165) is 15.6 Å². The van der Waals surface area contributed by atoms with Crippen LogP contribution >= 0.6 is 22.9 Å². The number of amides is 1. The van der Waals surface area contributed by atoms with E-state index in [-0.39, 0.29) is 5.91 Å². The van der Waals surface area contributed by atoms with Crippen LogP contribution in [0.3, 0.4) is 0 Å². The van der Waals surface area contributed by atoms with Gasteiger partial charge >= 0.3 is 0 Å². The normalized spacial score (nSPS) is 11.6. The molecule has 2 heterocycles. The first-order valence-electron chi connectivity index (χ1n) is 6.59. The van der Waals surface area contributed by atoms with Gasteiger partial charge in [-0.3, -0.25) is 9.78 Å². The number of benzene rings is 1. The first-order valence-corrected chi connectivity index (χ1v) is 7.78. The Hall–Kier alpha value is -2.24. The molecule has 0 saturated heterocycles. The molecular formula is C16H12ClN3OS. The second kappa shape index (κ2) is 6.25. The third-order valence-corrected chi connectivity index (χ3v) is 4.82. The number of fused-ring (bicyclic) bond motifs is 1. The lowest BCUT2D eigenvalue weighted by atomic mass is 10.2. The number of hydrazone groups is 1. The molecule has 0 aliphatic rings. The van der Waals surface area contributed by atoms with Crippen molar-refractivity contribution in [1.82, 2.24) is 10.4 Å². The smallest absolute Gasteiger partial charge is 0.266 e. The minimum Gasteiger partial charge on any atom is -0.266 e. The van der Waals surface area contributed by atoms with Gasteiger partial charge in [0, 0.05) is 28.0 Å². The number of nitrogens with one attached hydrogen (secondary N) is 1. The Kier molecular flexibility index (Phi) is 4.18. The van der Waals surface area contributed by atoms with E-state index < -0.39 is 0 Å². The topological polar surface area (TPSA) is 54.4 Å². The number of hydrogen-bond acceptors (Lipinski definition) is 4. The Bertz CT molecular complexity index is 858. The number of carbonyl (C=O) groups excluding carboxylic acids is 1. The zero-order valence-electron chi connectivity index (χ0n) is 11.7. The lowest BCUT2D eigenvalue weighted by Gasteiger charge is -2.01. The molecule has 1 aromatic carbocycles. The van der Waals surface area contributed by atoms with Gasteiger partial charge in [0.2, 0.25) is 0 Å². The first-order chi connectivity index (χ1) is 10.7. The van der Waals surface area contributed by atoms with Crippen LogP contribution in [0.5, 0.6) is 0 Å². The highest BCUT2D eigenvalue weighted by Gasteiger charge is 2.16. The van der Waals surface area contributed by atoms with Gasteiger partial charge in [-0.25, -0.2) is 5.43 Å². The van der Waals surface area contributed by atoms with E-state index in [4.69, 9.17) is 11.6 Å². The van der Waals surface area contributed by atoms with E-state index in [0.29, 0.717) is 15.6 Å². The molecule has 0 aliphatic heterocycles. The van der Waals surface area contributed by atoms with Crippen LogP contribution in [-0.2, 0) is 0 Å². The lowest BCUT2D eigenvalue weighted by molar-refractivity contribution is 0.0959. The van der Waals surface area contributed by atoms with E-state index in [2.05, 4.69) is 15.5 Å². The van der Waals surface area contributed by atoms with Crippen molar-refractivity contribution in [3.8, 4) is 0 Å². The van der Waals surface area contributed by atoms with Gasteiger partial charge in [-0.2, -0.15) is 5.10 Å². The fourth-order valence-corrected chi connectivity index (χ4v) is 3.39. The molecule has 2 aromatic heterocycles. The summed E-state index contributed by atoms with van der Waals surface area (Å²) in [6, 6.07) is 11.3. The van der Waals surface area contributed by atoms with Crippen LogP contribution < -0.4 is 5.43 Å². The minimum absolute atomic E-state index is 0.311. The maximum atomic E-state index is 12.3. The zero-order valence-corrected chi connectivity index (χ0v) is 13.3. The number of thiophene rings is 1. The maximum Gasteiger partial charge on any atom is 0.283 e. The summed E-state index contributed by atoms with van der Waals surface area (Å²) in [5.74, 6) is -0.311. The Morgan fingerprint density at radius 2 is 2.09 bits per heavy atom. The van der Waals surface area contributed by atoms with Crippen LogP contribution in [0.15, 0.2) is 53.9 Å². The van der Waals surface area contributed by atoms with Gasteiger partial charge in [0.25, 0.3) is 5.91 Å². The Labute approximate surface area is 136 Å². The van der Waals surface area contributed by atoms with E-state index in [1.807, 2.05) is 43.3 Å². The van der Waals surface area contributed by atoms with Gasteiger partial charge in [-0.1, -0.05) is 35.9 Å². The Morgan fingerprint density at radius 3 is 2.82 bits per heavy atom. The predicted molar refractivity (Wildman–Crippen MR) is 90.7 cm³/mol. The predicted octanol–water partition coefficient (Wildman–Crippen LogP) is 4.10. The number of pyridine rings is 1. The fraction of sp³-hybridized carbons (Fsp3) is 0.0625. The van der Waals surface area contributed by atoms with Crippen LogP contribution in [-0.4, -0.2) is 16.6 Å². The number of halogens is 1. The molecule has 0 unspecified atom stereocenters. The fourth-order valence-electron chi connectivity index (χ4n) is 1.99. The standard InChI is InChI=1S/C16H12ClN3OS/c1-10(11-5-4-8-18-9-11)19-20-16(21)15-14(17)12-6-2-3-7-13(12)22-15/h2-9H,1H3,(H,20,21). The van der Waals surface area contributed by atoms with Crippen molar-refractivity contribution in [2.75, 3.05) is 0 Å². The van der Waals surface area contributed by atoms with Crippen LogP contribution in [0.2, 0.25) is 5.02 Å². The summed E-state index contributed by atoms with van der Waals surface area (Å²) in [7, 11) is 0. The highest BCUT2D eigenvalue weighted by molar-refractivity contribution is 7.21. The van der Waals surface area contributed by atoms with Crippen molar-refractivity contribution >= 4 is 44.6 Å². The third-order valence-electron chi connectivity index (χ3n) is 3.15. The molecule has 6 heteroatoms. The van der Waals surface area contributed by atoms with Gasteiger partial charge in [-0.05, 0) is 19.1 Å². The molecule has 0 bridgehead atoms. The molecule has 0 aliphatic carbocycles. The minimum atomic E-state index is -0.311. The van der Waals surface area contributed by atoms with Crippen molar-refractivity contribution < 1.29 is 4.79 Å². The lowest BCUT2D eigenvalue weighted by Crippen LogP contribution is -2.18. The summed E-state index contributed by atoms with van der Waals surface area (Å²) in [4.78, 5) is 16.7. The average Bonchev–Trinajstić information content (AvgIpc) is 2.90. The Morgan fingerprint density at radius 1 is 1.27 bits per heavy atom. The number of rotatable bonds is 3. The first kappa shape index (κ1) is 14.7. The number of hydrogen-bond donors (Lipinski definition) is 1. The highest BCUT2D eigenvalue weighted by Crippen LogP contribution is 2.34. The highest BCUT2D eigenvalue weighted by atomic mass is 35.5. The molecule has 110 valence electrons. The van der Waals surface area contributed by atoms with Gasteiger partial charge in [0.15, 0.2) is 0 Å². The summed E-state index contributed by atoms with van der Waals surface area (Å²) < 4.78 is 0.977. The summed E-state index contributed by atoms with van der Waals surface area (Å²) >= 11 is 7.63. The van der Waals surface area contributed by atoms with E-state index >= 15 is 0 Å². The summed E-state index contributed by atoms with van der Waals surface area (Å²) in [5, 5.41) is 5.45. The van der Waals surface area contributed by atoms with Crippen LogP contribution in [0, 0.1) is 0 Å².